The van der Waals surface area contributed by atoms with Crippen LogP contribution in [0.5, 0.6) is 11.6 Å². The van der Waals surface area contributed by atoms with Crippen LogP contribution in [-0.4, -0.2) is 46.0 Å². The number of hydrogen-bond acceptors (Lipinski definition) is 8. The van der Waals surface area contributed by atoms with Crippen molar-refractivity contribution < 1.29 is 23.1 Å². The van der Waals surface area contributed by atoms with Crippen LogP contribution >= 0.6 is 0 Å². The SMILES string of the molecule is COc1cccc2cc(C(=O)NCCOc3ccc4nnc(-c5cccc(F)c5)n4n3)c(=O)oc12. The second-order valence-electron chi connectivity index (χ2n) is 7.41. The minimum absolute atomic E-state index is 0.0778. The molecular formula is C24H18FN5O5. The van der Waals surface area contributed by atoms with Gasteiger partial charge in [-0.05, 0) is 30.3 Å². The van der Waals surface area contributed by atoms with Crippen molar-refractivity contribution in [3.63, 3.8) is 0 Å². The third-order valence-electron chi connectivity index (χ3n) is 5.15. The highest BCUT2D eigenvalue weighted by Gasteiger charge is 2.16. The van der Waals surface area contributed by atoms with E-state index < -0.39 is 17.3 Å². The summed E-state index contributed by atoms with van der Waals surface area (Å²) < 4.78 is 31.1. The Balaban J connectivity index is 1.25. The predicted octanol–water partition coefficient (Wildman–Crippen LogP) is 2.85. The van der Waals surface area contributed by atoms with Crippen LogP contribution in [0.2, 0.25) is 0 Å². The van der Waals surface area contributed by atoms with E-state index in [1.165, 1.54) is 29.8 Å². The fourth-order valence-corrected chi connectivity index (χ4v) is 3.51. The molecular weight excluding hydrogens is 457 g/mol. The first-order valence-corrected chi connectivity index (χ1v) is 10.5. The normalized spacial score (nSPS) is 11.0. The van der Waals surface area contributed by atoms with Crippen LogP contribution in [0.25, 0.3) is 28.0 Å². The zero-order chi connectivity index (χ0) is 24.4. The maximum absolute atomic E-state index is 13.6. The molecule has 35 heavy (non-hydrogen) atoms. The molecule has 0 spiro atoms. The van der Waals surface area contributed by atoms with Gasteiger partial charge in [0.15, 0.2) is 22.8 Å². The lowest BCUT2D eigenvalue weighted by atomic mass is 10.1. The molecule has 0 radical (unpaired) electrons. The number of nitrogens with one attached hydrogen (secondary N) is 1. The molecule has 0 fully saturated rings. The molecule has 10 nitrogen and oxygen atoms in total. The van der Waals surface area contributed by atoms with Gasteiger partial charge in [0.1, 0.15) is 18.0 Å². The summed E-state index contributed by atoms with van der Waals surface area (Å²) in [6.07, 6.45) is 0. The van der Waals surface area contributed by atoms with Crippen molar-refractivity contribution in [2.45, 2.75) is 0 Å². The summed E-state index contributed by atoms with van der Waals surface area (Å²) in [5.41, 5.74) is 0.346. The van der Waals surface area contributed by atoms with Gasteiger partial charge in [0.2, 0.25) is 5.88 Å². The summed E-state index contributed by atoms with van der Waals surface area (Å²) in [4.78, 5) is 24.8. The van der Waals surface area contributed by atoms with Gasteiger partial charge in [-0.25, -0.2) is 9.18 Å². The highest BCUT2D eigenvalue weighted by molar-refractivity contribution is 5.97. The lowest BCUT2D eigenvalue weighted by molar-refractivity contribution is 0.0943. The van der Waals surface area contributed by atoms with E-state index in [1.807, 2.05) is 0 Å². The second kappa shape index (κ2) is 9.21. The molecule has 2 aromatic carbocycles. The first-order valence-electron chi connectivity index (χ1n) is 10.5. The van der Waals surface area contributed by atoms with Crippen molar-refractivity contribution in [3.8, 4) is 23.0 Å². The van der Waals surface area contributed by atoms with Gasteiger partial charge in [0.05, 0.1) is 13.7 Å². The molecule has 3 heterocycles. The number of rotatable bonds is 7. The lowest BCUT2D eigenvalue weighted by Crippen LogP contribution is -2.31. The number of nitrogens with zero attached hydrogens (tertiary/aromatic N) is 4. The molecule has 11 heteroatoms. The number of carbonyl (C=O) groups is 1. The van der Waals surface area contributed by atoms with Gasteiger partial charge in [-0.2, -0.15) is 4.52 Å². The average molecular weight is 475 g/mol. The van der Waals surface area contributed by atoms with Crippen molar-refractivity contribution in [1.82, 2.24) is 25.1 Å². The Morgan fingerprint density at radius 3 is 2.80 bits per heavy atom. The van der Waals surface area contributed by atoms with E-state index >= 15 is 0 Å². The van der Waals surface area contributed by atoms with Gasteiger partial charge in [0.25, 0.3) is 5.91 Å². The van der Waals surface area contributed by atoms with Gasteiger partial charge >= 0.3 is 5.63 Å². The highest BCUT2D eigenvalue weighted by Crippen LogP contribution is 2.24. The fourth-order valence-electron chi connectivity index (χ4n) is 3.51. The van der Waals surface area contributed by atoms with Crippen LogP contribution < -0.4 is 20.4 Å². The van der Waals surface area contributed by atoms with Crippen molar-refractivity contribution >= 4 is 22.5 Å². The number of methoxy groups -OCH3 is 1. The second-order valence-corrected chi connectivity index (χ2v) is 7.41. The van der Waals surface area contributed by atoms with Gasteiger partial charge in [0, 0.05) is 17.0 Å². The van der Waals surface area contributed by atoms with Crippen molar-refractivity contribution in [3.05, 3.63) is 82.5 Å². The predicted molar refractivity (Wildman–Crippen MR) is 123 cm³/mol. The smallest absolute Gasteiger partial charge is 0.349 e. The zero-order valence-corrected chi connectivity index (χ0v) is 18.4. The van der Waals surface area contributed by atoms with Gasteiger partial charge in [-0.1, -0.05) is 24.3 Å². The summed E-state index contributed by atoms with van der Waals surface area (Å²) in [5, 5.41) is 15.6. The van der Waals surface area contributed by atoms with Gasteiger partial charge in [-0.3, -0.25) is 4.79 Å². The van der Waals surface area contributed by atoms with Crippen LogP contribution in [0.4, 0.5) is 4.39 Å². The third-order valence-corrected chi connectivity index (χ3v) is 5.15. The van der Waals surface area contributed by atoms with Crippen LogP contribution in [0, 0.1) is 5.82 Å². The maximum atomic E-state index is 13.6. The molecule has 0 aliphatic heterocycles. The summed E-state index contributed by atoms with van der Waals surface area (Å²) in [6.45, 7) is 0.182. The molecule has 0 unspecified atom stereocenters. The summed E-state index contributed by atoms with van der Waals surface area (Å²) in [6, 6.07) is 15.8. The highest BCUT2D eigenvalue weighted by atomic mass is 19.1. The summed E-state index contributed by atoms with van der Waals surface area (Å²) in [5.74, 6) is 0.0159. The van der Waals surface area contributed by atoms with Crippen LogP contribution in [0.15, 0.2) is 69.9 Å². The largest absolute Gasteiger partial charge is 0.493 e. The lowest BCUT2D eigenvalue weighted by Gasteiger charge is -2.08. The molecule has 3 aromatic heterocycles. The Kier molecular flexibility index (Phi) is 5.80. The summed E-state index contributed by atoms with van der Waals surface area (Å²) >= 11 is 0. The number of benzene rings is 2. The molecule has 1 N–H and O–H groups in total. The van der Waals surface area contributed by atoms with E-state index in [0.29, 0.717) is 28.2 Å². The molecule has 5 aromatic rings. The van der Waals surface area contributed by atoms with E-state index in [1.54, 1.807) is 42.5 Å². The van der Waals surface area contributed by atoms with E-state index in [-0.39, 0.29) is 30.2 Å². The maximum Gasteiger partial charge on any atom is 0.349 e. The summed E-state index contributed by atoms with van der Waals surface area (Å²) in [7, 11) is 1.47. The van der Waals surface area contributed by atoms with Crippen molar-refractivity contribution in [2.75, 3.05) is 20.3 Å². The van der Waals surface area contributed by atoms with Crippen molar-refractivity contribution in [1.29, 1.82) is 0 Å². The number of amides is 1. The molecule has 0 aliphatic rings. The van der Waals surface area contributed by atoms with Gasteiger partial charge in [-0.15, -0.1) is 15.3 Å². The first-order chi connectivity index (χ1) is 17.0. The topological polar surface area (TPSA) is 121 Å². The number of carbonyl (C=O) groups excluding carboxylic acids is 1. The average Bonchev–Trinajstić information content (AvgIpc) is 3.29. The van der Waals surface area contributed by atoms with Crippen molar-refractivity contribution in [2.24, 2.45) is 0 Å². The first kappa shape index (κ1) is 22.0. The Labute approximate surface area is 196 Å². The zero-order valence-electron chi connectivity index (χ0n) is 18.4. The molecule has 0 saturated carbocycles. The van der Waals surface area contributed by atoms with Crippen LogP contribution in [0.3, 0.4) is 0 Å². The number of ether oxygens (including phenoxy) is 2. The molecule has 1 amide bonds. The molecule has 5 rings (SSSR count). The number of aromatic nitrogens is 4. The molecule has 0 saturated heterocycles. The third kappa shape index (κ3) is 4.38. The minimum Gasteiger partial charge on any atom is -0.493 e. The van der Waals surface area contributed by atoms with E-state index in [9.17, 15) is 14.0 Å². The Morgan fingerprint density at radius 2 is 1.97 bits per heavy atom. The number of halogens is 1. The molecule has 0 bridgehead atoms. The van der Waals surface area contributed by atoms with E-state index in [0.717, 1.165) is 0 Å². The monoisotopic (exact) mass is 475 g/mol. The number of hydrogen-bond donors (Lipinski definition) is 1. The Bertz CT molecular complexity index is 1610. The molecule has 176 valence electrons. The number of fused-ring (bicyclic) bond motifs is 2. The van der Waals surface area contributed by atoms with E-state index in [4.69, 9.17) is 13.9 Å². The molecule has 0 aliphatic carbocycles. The van der Waals surface area contributed by atoms with Crippen LogP contribution in [-0.2, 0) is 0 Å². The quantitative estimate of drug-likeness (QED) is 0.282. The fraction of sp³-hybridized carbons (Fsp3) is 0.125. The Morgan fingerprint density at radius 1 is 1.11 bits per heavy atom. The van der Waals surface area contributed by atoms with E-state index in [2.05, 4.69) is 20.6 Å². The van der Waals surface area contributed by atoms with Crippen LogP contribution in [0.1, 0.15) is 10.4 Å². The standard InChI is InChI=1S/C24H18FN5O5/c1-33-18-7-3-4-14-13-17(24(32)35-21(14)18)23(31)26-10-11-34-20-9-8-19-27-28-22(30(19)29-20)15-5-2-6-16(25)12-15/h2-9,12-13H,10-11H2,1H3,(H,26,31). The van der Waals surface area contributed by atoms with Gasteiger partial charge < -0.3 is 19.2 Å². The molecule has 0 atom stereocenters. The number of para-hydroxylation sites is 1. The Hall–Kier alpha value is -4.80. The minimum atomic E-state index is -0.773.